The zero-order chi connectivity index (χ0) is 28.8. The Kier molecular flexibility index (Phi) is 7.40. The number of hydrogen-bond donors (Lipinski definition) is 3. The first-order valence-corrected chi connectivity index (χ1v) is 14.6. The van der Waals surface area contributed by atoms with Gasteiger partial charge in [0.05, 0.1) is 28.6 Å². The minimum Gasteiger partial charge on any atom is -0.497 e. The summed E-state index contributed by atoms with van der Waals surface area (Å²) in [5, 5.41) is 5.11. The lowest BCUT2D eigenvalue weighted by atomic mass is 9.82. The summed E-state index contributed by atoms with van der Waals surface area (Å²) in [6.45, 7) is 3.89. The molecular weight excluding hydrogens is 538 g/mol. The van der Waals surface area contributed by atoms with Crippen molar-refractivity contribution in [1.29, 1.82) is 0 Å². The monoisotopic (exact) mass is 570 g/mol. The van der Waals surface area contributed by atoms with Crippen molar-refractivity contribution in [2.75, 3.05) is 17.6 Å². The highest BCUT2D eigenvalue weighted by atomic mass is 32.2. The summed E-state index contributed by atoms with van der Waals surface area (Å²) in [5.41, 5.74) is 13.6. The van der Waals surface area contributed by atoms with Gasteiger partial charge in [-0.1, -0.05) is 6.07 Å². The highest BCUT2D eigenvalue weighted by molar-refractivity contribution is 7.92. The number of methoxy groups -OCH3 is 1. The van der Waals surface area contributed by atoms with Crippen LogP contribution in [-0.4, -0.2) is 36.3 Å². The lowest BCUT2D eigenvalue weighted by Crippen LogP contribution is -2.26. The quantitative estimate of drug-likeness (QED) is 0.273. The van der Waals surface area contributed by atoms with Crippen LogP contribution in [-0.2, 0) is 10.0 Å². The molecule has 1 saturated carbocycles. The molecule has 0 aliphatic heterocycles. The van der Waals surface area contributed by atoms with Gasteiger partial charge in [-0.05, 0) is 69.2 Å². The first-order valence-electron chi connectivity index (χ1n) is 13.1. The molecule has 0 radical (unpaired) electrons. The van der Waals surface area contributed by atoms with Crippen molar-refractivity contribution in [2.24, 2.45) is 5.73 Å². The molecular formula is C28H32F2N6O3S. The third kappa shape index (κ3) is 5.08. The predicted molar refractivity (Wildman–Crippen MR) is 151 cm³/mol. The number of ether oxygens (including phenoxy) is 1. The number of nitrogen functional groups attached to an aromatic ring is 1. The number of hydrogen-bond acceptors (Lipinski definition) is 7. The van der Waals surface area contributed by atoms with Crippen LogP contribution < -0.4 is 20.9 Å². The molecule has 4 aromatic rings. The molecule has 0 saturated heterocycles. The van der Waals surface area contributed by atoms with E-state index in [4.69, 9.17) is 16.2 Å². The second kappa shape index (κ2) is 10.7. The Balaban J connectivity index is 1.59. The Bertz CT molecular complexity index is 1680. The molecule has 2 aromatic carbocycles. The molecule has 5 N–H and O–H groups in total. The summed E-state index contributed by atoms with van der Waals surface area (Å²) in [6, 6.07) is 7.45. The van der Waals surface area contributed by atoms with Crippen molar-refractivity contribution in [1.82, 2.24) is 14.8 Å². The molecule has 1 fully saturated rings. The standard InChI is InChI=1S/C28H32F2N6O3S/c1-15(2)36-27-21(16-7-9-17(31)10-8-16)14-33-28(32)25(27)26(34-36)20-12-23(30)24(13-22(20)29)35-40(37,38)19-6-4-5-18(11-19)39-3/h4-6,11-17,35H,7-10,31H2,1-3H3,(H2,32,33)/t16-,17-. The summed E-state index contributed by atoms with van der Waals surface area (Å²) in [7, 11) is -2.83. The maximum atomic E-state index is 15.6. The Hall–Kier alpha value is -3.77. The Morgan fingerprint density at radius 1 is 1.10 bits per heavy atom. The summed E-state index contributed by atoms with van der Waals surface area (Å²) < 4.78 is 65.7. The second-order valence-electron chi connectivity index (χ2n) is 10.4. The molecule has 212 valence electrons. The SMILES string of the molecule is COc1cccc(S(=O)(=O)Nc2cc(F)c(-c3nn(C(C)C)c4c3c(N)ncc4[C@H]3CC[C@H](N)CC3)cc2F)c1. The smallest absolute Gasteiger partial charge is 0.262 e. The van der Waals surface area contributed by atoms with E-state index in [0.717, 1.165) is 48.9 Å². The zero-order valence-electron chi connectivity index (χ0n) is 22.5. The van der Waals surface area contributed by atoms with E-state index < -0.39 is 27.3 Å². The van der Waals surface area contributed by atoms with E-state index >= 15 is 8.78 Å². The van der Waals surface area contributed by atoms with E-state index in [1.165, 1.54) is 25.3 Å². The molecule has 0 atom stereocenters. The number of fused-ring (bicyclic) bond motifs is 1. The number of halogens is 2. The van der Waals surface area contributed by atoms with Gasteiger partial charge in [-0.2, -0.15) is 5.10 Å². The molecule has 0 unspecified atom stereocenters. The van der Waals surface area contributed by atoms with Gasteiger partial charge >= 0.3 is 0 Å². The fourth-order valence-electron chi connectivity index (χ4n) is 5.29. The Morgan fingerprint density at radius 2 is 1.82 bits per heavy atom. The molecule has 0 amide bonds. The number of sulfonamides is 1. The van der Waals surface area contributed by atoms with Crippen LogP contribution in [0.25, 0.3) is 22.2 Å². The van der Waals surface area contributed by atoms with Crippen LogP contribution in [0.15, 0.2) is 47.5 Å². The summed E-state index contributed by atoms with van der Waals surface area (Å²) in [5.74, 6) is -1.20. The molecule has 12 heteroatoms. The van der Waals surface area contributed by atoms with E-state index in [0.29, 0.717) is 11.1 Å². The highest BCUT2D eigenvalue weighted by Crippen LogP contribution is 2.42. The minimum atomic E-state index is -4.23. The number of pyridine rings is 1. The number of anilines is 2. The van der Waals surface area contributed by atoms with Gasteiger partial charge in [0.1, 0.15) is 28.9 Å². The van der Waals surface area contributed by atoms with Crippen LogP contribution in [0.4, 0.5) is 20.3 Å². The molecule has 1 aliphatic carbocycles. The second-order valence-corrected chi connectivity index (χ2v) is 12.1. The molecule has 0 bridgehead atoms. The van der Waals surface area contributed by atoms with Gasteiger partial charge in [0.2, 0.25) is 0 Å². The lowest BCUT2D eigenvalue weighted by molar-refractivity contribution is 0.395. The van der Waals surface area contributed by atoms with Gasteiger partial charge in [-0.3, -0.25) is 9.40 Å². The molecule has 40 heavy (non-hydrogen) atoms. The predicted octanol–water partition coefficient (Wildman–Crippen LogP) is 5.33. The van der Waals surface area contributed by atoms with Gasteiger partial charge < -0.3 is 16.2 Å². The van der Waals surface area contributed by atoms with Crippen LogP contribution in [0.3, 0.4) is 0 Å². The van der Waals surface area contributed by atoms with Crippen LogP contribution >= 0.6 is 0 Å². The molecule has 2 heterocycles. The summed E-state index contributed by atoms with van der Waals surface area (Å²) >= 11 is 0. The van der Waals surface area contributed by atoms with Crippen molar-refractivity contribution in [3.8, 4) is 17.0 Å². The van der Waals surface area contributed by atoms with E-state index in [9.17, 15) is 8.42 Å². The number of benzene rings is 2. The van der Waals surface area contributed by atoms with Crippen LogP contribution in [0, 0.1) is 11.6 Å². The van der Waals surface area contributed by atoms with E-state index in [-0.39, 0.29) is 40.0 Å². The third-order valence-electron chi connectivity index (χ3n) is 7.39. The van der Waals surface area contributed by atoms with Gasteiger partial charge in [-0.25, -0.2) is 22.2 Å². The van der Waals surface area contributed by atoms with E-state index in [2.05, 4.69) is 14.8 Å². The maximum Gasteiger partial charge on any atom is 0.262 e. The summed E-state index contributed by atoms with van der Waals surface area (Å²) in [4.78, 5) is 4.24. The number of nitrogens with one attached hydrogen (secondary N) is 1. The van der Waals surface area contributed by atoms with Gasteiger partial charge in [0.15, 0.2) is 0 Å². The number of nitrogens with zero attached hydrogens (tertiary/aromatic N) is 3. The molecule has 2 aromatic heterocycles. The fourth-order valence-corrected chi connectivity index (χ4v) is 6.38. The fraction of sp³-hybridized carbons (Fsp3) is 0.357. The van der Waals surface area contributed by atoms with Crippen molar-refractivity contribution in [3.63, 3.8) is 0 Å². The van der Waals surface area contributed by atoms with Gasteiger partial charge in [-0.15, -0.1) is 0 Å². The normalized spacial score (nSPS) is 17.9. The van der Waals surface area contributed by atoms with Crippen molar-refractivity contribution >= 4 is 32.4 Å². The molecule has 0 spiro atoms. The van der Waals surface area contributed by atoms with Crippen molar-refractivity contribution < 1.29 is 21.9 Å². The largest absolute Gasteiger partial charge is 0.497 e. The average Bonchev–Trinajstić information content (AvgIpc) is 3.33. The van der Waals surface area contributed by atoms with E-state index in [1.54, 1.807) is 16.9 Å². The van der Waals surface area contributed by atoms with Crippen molar-refractivity contribution in [2.45, 2.75) is 62.4 Å². The third-order valence-corrected chi connectivity index (χ3v) is 8.75. The lowest BCUT2D eigenvalue weighted by Gasteiger charge is -2.27. The van der Waals surface area contributed by atoms with Gasteiger partial charge in [0.25, 0.3) is 10.0 Å². The molecule has 1 aliphatic rings. The maximum absolute atomic E-state index is 15.6. The minimum absolute atomic E-state index is 0.107. The van der Waals surface area contributed by atoms with E-state index in [1.807, 2.05) is 13.8 Å². The highest BCUT2D eigenvalue weighted by Gasteiger charge is 2.29. The van der Waals surface area contributed by atoms with Crippen LogP contribution in [0.1, 0.15) is 57.1 Å². The van der Waals surface area contributed by atoms with Crippen LogP contribution in [0.2, 0.25) is 0 Å². The topological polar surface area (TPSA) is 138 Å². The zero-order valence-corrected chi connectivity index (χ0v) is 23.3. The summed E-state index contributed by atoms with van der Waals surface area (Å²) in [6.07, 6.45) is 5.27. The van der Waals surface area contributed by atoms with Crippen molar-refractivity contribution in [3.05, 3.63) is 59.8 Å². The first-order chi connectivity index (χ1) is 19.0. The molecule has 9 nitrogen and oxygen atoms in total. The number of rotatable bonds is 7. The first kappa shape index (κ1) is 27.8. The average molecular weight is 571 g/mol. The van der Waals surface area contributed by atoms with Gasteiger partial charge in [0, 0.05) is 36.0 Å². The Labute approximate surface area is 231 Å². The number of nitrogens with two attached hydrogens (primary N) is 2. The molecule has 5 rings (SSSR count). The number of aromatic nitrogens is 3. The van der Waals surface area contributed by atoms with Crippen LogP contribution in [0.5, 0.6) is 5.75 Å². The Morgan fingerprint density at radius 3 is 2.50 bits per heavy atom.